The van der Waals surface area contributed by atoms with Gasteiger partial charge in [0.2, 0.25) is 0 Å². The van der Waals surface area contributed by atoms with Crippen LogP contribution in [0, 0.1) is 11.3 Å². The molecule has 0 heterocycles. The van der Waals surface area contributed by atoms with Crippen molar-refractivity contribution in [1.29, 1.82) is 5.26 Å². The topological polar surface area (TPSA) is 104 Å². The van der Waals surface area contributed by atoms with Gasteiger partial charge in [0.05, 0.1) is 6.07 Å². The Kier molecular flexibility index (Phi) is 14.2. The van der Waals surface area contributed by atoms with Gasteiger partial charge in [-0.2, -0.15) is 5.26 Å². The summed E-state index contributed by atoms with van der Waals surface area (Å²) in [4.78, 5) is 0. The molecule has 0 radical (unpaired) electrons. The molecule has 0 aliphatic carbocycles. The standard InChI is InChI=1S/C2H3N.H2O4S.Zn/c1-2-3;1-5(2,3)4;/h1H3;(H2,1,2,3,4);/q;;+2/p-2. The van der Waals surface area contributed by atoms with Gasteiger partial charge in [0.1, 0.15) is 0 Å². The van der Waals surface area contributed by atoms with E-state index in [2.05, 4.69) is 0 Å². The van der Waals surface area contributed by atoms with E-state index in [1.165, 1.54) is 6.92 Å². The molecule has 0 saturated heterocycles. The summed E-state index contributed by atoms with van der Waals surface area (Å²) in [5.74, 6) is 0. The van der Waals surface area contributed by atoms with Gasteiger partial charge in [0, 0.05) is 17.3 Å². The number of hydrogen-bond acceptors (Lipinski definition) is 5. The minimum Gasteiger partial charge on any atom is -0.759 e. The van der Waals surface area contributed by atoms with E-state index < -0.39 is 10.4 Å². The Labute approximate surface area is 66.0 Å². The molecule has 0 N–H and O–H groups in total. The van der Waals surface area contributed by atoms with Crippen LogP contribution in [0.5, 0.6) is 0 Å². The van der Waals surface area contributed by atoms with E-state index >= 15 is 0 Å². The van der Waals surface area contributed by atoms with E-state index in [-0.39, 0.29) is 19.5 Å². The molecule has 0 aromatic rings. The fourth-order valence-corrected chi connectivity index (χ4v) is 0. The van der Waals surface area contributed by atoms with Crippen molar-refractivity contribution in [2.24, 2.45) is 0 Å². The van der Waals surface area contributed by atoms with Crippen LogP contribution in [-0.2, 0) is 29.9 Å². The van der Waals surface area contributed by atoms with Crippen LogP contribution >= 0.6 is 0 Å². The maximum absolute atomic E-state index is 8.52. The van der Waals surface area contributed by atoms with Crippen molar-refractivity contribution in [3.05, 3.63) is 0 Å². The van der Waals surface area contributed by atoms with Gasteiger partial charge >= 0.3 is 19.5 Å². The quantitative estimate of drug-likeness (QED) is 0.290. The molecule has 0 rings (SSSR count). The predicted molar refractivity (Wildman–Crippen MR) is 21.8 cm³/mol. The molecule has 0 aromatic carbocycles. The number of rotatable bonds is 0. The second-order valence-electron chi connectivity index (χ2n) is 0.632. The molecule has 0 aliphatic heterocycles. The van der Waals surface area contributed by atoms with Gasteiger partial charge in [0.15, 0.2) is 0 Å². The second-order valence-corrected chi connectivity index (χ2v) is 1.45. The molecular weight excluding hydrogens is 199 g/mol. The van der Waals surface area contributed by atoms with E-state index in [1.54, 1.807) is 6.07 Å². The maximum Gasteiger partial charge on any atom is 2.00 e. The van der Waals surface area contributed by atoms with Crippen molar-refractivity contribution in [1.82, 2.24) is 0 Å². The van der Waals surface area contributed by atoms with Crippen LogP contribution in [0.1, 0.15) is 6.92 Å². The van der Waals surface area contributed by atoms with Crippen LogP contribution < -0.4 is 0 Å². The first kappa shape index (κ1) is 16.0. The van der Waals surface area contributed by atoms with E-state index in [1.807, 2.05) is 0 Å². The van der Waals surface area contributed by atoms with Crippen LogP contribution in [0.2, 0.25) is 0 Å². The fraction of sp³-hybridized carbons (Fsp3) is 0.500. The SMILES string of the molecule is CC#N.O=S(=O)([O-])[O-].[Zn+2]. The van der Waals surface area contributed by atoms with E-state index in [9.17, 15) is 0 Å². The van der Waals surface area contributed by atoms with Gasteiger partial charge < -0.3 is 9.11 Å². The zero-order chi connectivity index (χ0) is 7.21. The summed E-state index contributed by atoms with van der Waals surface area (Å²) in [6, 6.07) is 1.75. The third-order valence-corrected chi connectivity index (χ3v) is 0. The zero-order valence-corrected chi connectivity index (χ0v) is 8.48. The normalized spacial score (nSPS) is 7.33. The summed E-state index contributed by atoms with van der Waals surface area (Å²) >= 11 is 0. The minimum absolute atomic E-state index is 0. The molecule has 0 atom stereocenters. The van der Waals surface area contributed by atoms with Crippen molar-refractivity contribution in [3.8, 4) is 6.07 Å². The van der Waals surface area contributed by atoms with E-state index in [4.69, 9.17) is 22.8 Å². The molecule has 0 aliphatic rings. The molecule has 0 unspecified atom stereocenters. The molecule has 0 aromatic heterocycles. The van der Waals surface area contributed by atoms with Crippen LogP contribution in [0.3, 0.4) is 0 Å². The van der Waals surface area contributed by atoms with E-state index in [0.717, 1.165) is 0 Å². The van der Waals surface area contributed by atoms with Crippen molar-refractivity contribution in [3.63, 3.8) is 0 Å². The average molecular weight is 203 g/mol. The molecule has 9 heavy (non-hydrogen) atoms. The Morgan fingerprint density at radius 2 is 1.44 bits per heavy atom. The Morgan fingerprint density at radius 1 is 1.44 bits per heavy atom. The molecule has 0 spiro atoms. The molecule has 5 nitrogen and oxygen atoms in total. The average Bonchev–Trinajstić information content (AvgIpc) is 1.27. The van der Waals surface area contributed by atoms with Crippen LogP contribution in [0.4, 0.5) is 0 Å². The monoisotopic (exact) mass is 201 g/mol. The van der Waals surface area contributed by atoms with Crippen molar-refractivity contribution >= 4 is 10.4 Å². The number of nitriles is 1. The van der Waals surface area contributed by atoms with Gasteiger partial charge in [-0.3, -0.25) is 8.42 Å². The first-order valence-electron chi connectivity index (χ1n) is 1.39. The molecule has 48 valence electrons. The zero-order valence-electron chi connectivity index (χ0n) is 4.70. The van der Waals surface area contributed by atoms with Crippen LogP contribution in [0.25, 0.3) is 0 Å². The third kappa shape index (κ3) is 1030000. The van der Waals surface area contributed by atoms with E-state index in [0.29, 0.717) is 0 Å². The maximum atomic E-state index is 8.52. The van der Waals surface area contributed by atoms with Crippen molar-refractivity contribution in [2.45, 2.75) is 6.92 Å². The largest absolute Gasteiger partial charge is 2.00 e. The Hall–Kier alpha value is -0.0166. The Bertz CT molecular complexity index is 159. The number of hydrogen-bond donors (Lipinski definition) is 0. The molecule has 0 bridgehead atoms. The third-order valence-electron chi connectivity index (χ3n) is 0. The van der Waals surface area contributed by atoms with Gasteiger partial charge in [-0.25, -0.2) is 0 Å². The summed E-state index contributed by atoms with van der Waals surface area (Å²) in [6.07, 6.45) is 0. The minimum atomic E-state index is -5.17. The van der Waals surface area contributed by atoms with Crippen molar-refractivity contribution in [2.75, 3.05) is 0 Å². The summed E-state index contributed by atoms with van der Waals surface area (Å²) in [5.41, 5.74) is 0. The van der Waals surface area contributed by atoms with Crippen molar-refractivity contribution < 1.29 is 37.0 Å². The van der Waals surface area contributed by atoms with Gasteiger partial charge in [-0.1, -0.05) is 0 Å². The summed E-state index contributed by atoms with van der Waals surface area (Å²) in [5, 5.41) is 7.32. The molecular formula is C2H3NO4SZn. The molecule has 0 saturated carbocycles. The van der Waals surface area contributed by atoms with Gasteiger partial charge in [0.25, 0.3) is 0 Å². The predicted octanol–water partition coefficient (Wildman–Crippen LogP) is -0.811. The first-order valence-corrected chi connectivity index (χ1v) is 2.72. The summed E-state index contributed by atoms with van der Waals surface area (Å²) in [6.45, 7) is 1.43. The fourth-order valence-electron chi connectivity index (χ4n) is 0. The van der Waals surface area contributed by atoms with Crippen LogP contribution in [-0.4, -0.2) is 17.5 Å². The Balaban J connectivity index is -0.0000000800. The number of nitrogens with zero attached hydrogens (tertiary/aromatic N) is 1. The molecule has 7 heteroatoms. The smallest absolute Gasteiger partial charge is 0.759 e. The summed E-state index contributed by atoms with van der Waals surface area (Å²) < 4.78 is 34.1. The van der Waals surface area contributed by atoms with Crippen LogP contribution in [0.15, 0.2) is 0 Å². The first-order chi connectivity index (χ1) is 3.41. The molecule has 0 amide bonds. The van der Waals surface area contributed by atoms with Gasteiger partial charge in [-0.15, -0.1) is 0 Å². The Morgan fingerprint density at radius 3 is 1.44 bits per heavy atom. The van der Waals surface area contributed by atoms with Gasteiger partial charge in [-0.05, 0) is 0 Å². The second kappa shape index (κ2) is 7.98. The molecule has 0 fully saturated rings. The summed E-state index contributed by atoms with van der Waals surface area (Å²) in [7, 11) is -5.17.